The molecule has 0 amide bonds. The van der Waals surface area contributed by atoms with Gasteiger partial charge in [-0.25, -0.2) is 0 Å². The summed E-state index contributed by atoms with van der Waals surface area (Å²) in [5.74, 6) is 1.20. The van der Waals surface area contributed by atoms with E-state index in [9.17, 15) is 10.1 Å². The SMILES string of the molecule is COc1ccc(NC(=S)c2ccc([N+](=O)[O-])cc2)cc1OC. The van der Waals surface area contributed by atoms with Crippen molar-refractivity contribution in [3.05, 3.63) is 58.1 Å². The van der Waals surface area contributed by atoms with E-state index in [1.165, 1.54) is 12.1 Å². The van der Waals surface area contributed by atoms with Gasteiger partial charge in [-0.2, -0.15) is 0 Å². The van der Waals surface area contributed by atoms with Crippen molar-refractivity contribution >= 4 is 28.6 Å². The number of nitro benzene ring substituents is 1. The summed E-state index contributed by atoms with van der Waals surface area (Å²) >= 11 is 5.30. The number of hydrogen-bond acceptors (Lipinski definition) is 5. The zero-order valence-electron chi connectivity index (χ0n) is 12.0. The Balaban J connectivity index is 2.16. The van der Waals surface area contributed by atoms with E-state index in [-0.39, 0.29) is 5.69 Å². The van der Waals surface area contributed by atoms with Crippen LogP contribution in [0.2, 0.25) is 0 Å². The first kappa shape index (κ1) is 15.7. The van der Waals surface area contributed by atoms with E-state index in [1.54, 1.807) is 44.6 Å². The summed E-state index contributed by atoms with van der Waals surface area (Å²) < 4.78 is 10.4. The third-order valence-electron chi connectivity index (χ3n) is 2.98. The summed E-state index contributed by atoms with van der Waals surface area (Å²) in [5.41, 5.74) is 1.45. The van der Waals surface area contributed by atoms with Crippen molar-refractivity contribution in [3.63, 3.8) is 0 Å². The van der Waals surface area contributed by atoms with Crippen molar-refractivity contribution in [2.24, 2.45) is 0 Å². The van der Waals surface area contributed by atoms with Crippen LogP contribution in [0.25, 0.3) is 0 Å². The molecule has 0 unspecified atom stereocenters. The Morgan fingerprint density at radius 2 is 1.73 bits per heavy atom. The number of nitrogens with zero attached hydrogens (tertiary/aromatic N) is 1. The molecule has 22 heavy (non-hydrogen) atoms. The van der Waals surface area contributed by atoms with Crippen LogP contribution in [0, 0.1) is 10.1 Å². The van der Waals surface area contributed by atoms with Crippen LogP contribution < -0.4 is 14.8 Å². The molecule has 0 fully saturated rings. The number of methoxy groups -OCH3 is 2. The molecule has 114 valence electrons. The maximum Gasteiger partial charge on any atom is 0.269 e. The average Bonchev–Trinajstić information content (AvgIpc) is 2.54. The molecule has 1 N–H and O–H groups in total. The number of benzene rings is 2. The standard InChI is InChI=1S/C15H14N2O4S/c1-20-13-8-5-11(9-14(13)21-2)16-15(22)10-3-6-12(7-4-10)17(18)19/h3-9H,1-2H3,(H,16,22). The van der Waals surface area contributed by atoms with Crippen LogP contribution in [0.5, 0.6) is 11.5 Å². The summed E-state index contributed by atoms with van der Waals surface area (Å²) in [6, 6.07) is 11.4. The summed E-state index contributed by atoms with van der Waals surface area (Å²) in [4.78, 5) is 10.6. The van der Waals surface area contributed by atoms with Gasteiger partial charge in [-0.05, 0) is 24.3 Å². The second-order valence-corrected chi connectivity index (χ2v) is 4.74. The molecule has 7 heteroatoms. The maximum atomic E-state index is 10.6. The number of anilines is 1. The van der Waals surface area contributed by atoms with E-state index in [4.69, 9.17) is 21.7 Å². The highest BCUT2D eigenvalue weighted by atomic mass is 32.1. The van der Waals surface area contributed by atoms with Gasteiger partial charge < -0.3 is 14.8 Å². The molecule has 6 nitrogen and oxygen atoms in total. The predicted octanol–water partition coefficient (Wildman–Crippen LogP) is 3.40. The number of nitro groups is 1. The van der Waals surface area contributed by atoms with E-state index in [0.717, 1.165) is 5.69 Å². The Labute approximate surface area is 132 Å². The van der Waals surface area contributed by atoms with Crippen molar-refractivity contribution in [2.75, 3.05) is 19.5 Å². The van der Waals surface area contributed by atoms with Crippen molar-refractivity contribution < 1.29 is 14.4 Å². The molecule has 0 spiro atoms. The van der Waals surface area contributed by atoms with Crippen molar-refractivity contribution in [1.29, 1.82) is 0 Å². The Morgan fingerprint density at radius 3 is 2.27 bits per heavy atom. The minimum atomic E-state index is -0.450. The minimum absolute atomic E-state index is 0.0256. The highest BCUT2D eigenvalue weighted by Crippen LogP contribution is 2.30. The first-order chi connectivity index (χ1) is 10.5. The number of thiocarbonyl (C=S) groups is 1. The monoisotopic (exact) mass is 318 g/mol. The molecule has 2 aromatic rings. The average molecular weight is 318 g/mol. The first-order valence-corrected chi connectivity index (χ1v) is 6.74. The number of nitrogens with one attached hydrogen (secondary N) is 1. The molecule has 0 saturated carbocycles. The molecule has 0 atom stereocenters. The van der Waals surface area contributed by atoms with Gasteiger partial charge in [-0.3, -0.25) is 10.1 Å². The smallest absolute Gasteiger partial charge is 0.269 e. The van der Waals surface area contributed by atoms with Gasteiger partial charge in [0.15, 0.2) is 11.5 Å². The van der Waals surface area contributed by atoms with Gasteiger partial charge in [-0.15, -0.1) is 0 Å². The van der Waals surface area contributed by atoms with E-state index < -0.39 is 4.92 Å². The van der Waals surface area contributed by atoms with Gasteiger partial charge >= 0.3 is 0 Å². The van der Waals surface area contributed by atoms with Gasteiger partial charge in [0.05, 0.1) is 19.1 Å². The summed E-state index contributed by atoms with van der Waals surface area (Å²) in [6.07, 6.45) is 0. The zero-order chi connectivity index (χ0) is 16.1. The van der Waals surface area contributed by atoms with E-state index in [2.05, 4.69) is 5.32 Å². The maximum absolute atomic E-state index is 10.6. The van der Waals surface area contributed by atoms with Crippen LogP contribution in [0.1, 0.15) is 5.56 Å². The van der Waals surface area contributed by atoms with Crippen LogP contribution in [-0.2, 0) is 0 Å². The molecule has 0 aliphatic heterocycles. The molecule has 0 aromatic heterocycles. The lowest BCUT2D eigenvalue weighted by Crippen LogP contribution is -2.10. The lowest BCUT2D eigenvalue weighted by Gasteiger charge is -2.12. The molecule has 2 aromatic carbocycles. The molecule has 2 rings (SSSR count). The van der Waals surface area contributed by atoms with Gasteiger partial charge in [-0.1, -0.05) is 12.2 Å². The van der Waals surface area contributed by atoms with Crippen molar-refractivity contribution in [3.8, 4) is 11.5 Å². The first-order valence-electron chi connectivity index (χ1n) is 6.33. The Bertz CT molecular complexity index is 701. The minimum Gasteiger partial charge on any atom is -0.493 e. The number of ether oxygens (including phenoxy) is 2. The Hall–Kier alpha value is -2.67. The van der Waals surface area contributed by atoms with Gasteiger partial charge in [0.1, 0.15) is 4.99 Å². The fourth-order valence-corrected chi connectivity index (χ4v) is 2.11. The van der Waals surface area contributed by atoms with Crippen LogP contribution in [-0.4, -0.2) is 24.1 Å². The molecule has 0 aliphatic rings. The van der Waals surface area contributed by atoms with Crippen molar-refractivity contribution in [2.45, 2.75) is 0 Å². The molecule has 0 bridgehead atoms. The van der Waals surface area contributed by atoms with Crippen LogP contribution in [0.15, 0.2) is 42.5 Å². The predicted molar refractivity (Wildman–Crippen MR) is 88.0 cm³/mol. The summed E-state index contributed by atoms with van der Waals surface area (Å²) in [5, 5.41) is 13.7. The van der Waals surface area contributed by atoms with Gasteiger partial charge in [0.25, 0.3) is 5.69 Å². The fourth-order valence-electron chi connectivity index (χ4n) is 1.85. The largest absolute Gasteiger partial charge is 0.493 e. The molecule has 0 heterocycles. The zero-order valence-corrected chi connectivity index (χ0v) is 12.8. The highest BCUT2D eigenvalue weighted by Gasteiger charge is 2.09. The van der Waals surface area contributed by atoms with Gasteiger partial charge in [0.2, 0.25) is 0 Å². The van der Waals surface area contributed by atoms with Crippen LogP contribution >= 0.6 is 12.2 Å². The van der Waals surface area contributed by atoms with E-state index >= 15 is 0 Å². The fraction of sp³-hybridized carbons (Fsp3) is 0.133. The molecular formula is C15H14N2O4S. The Morgan fingerprint density at radius 1 is 1.09 bits per heavy atom. The Kier molecular flexibility index (Phi) is 4.90. The normalized spacial score (nSPS) is 9.91. The van der Waals surface area contributed by atoms with Crippen molar-refractivity contribution in [1.82, 2.24) is 0 Å². The van der Waals surface area contributed by atoms with E-state index in [0.29, 0.717) is 22.1 Å². The number of non-ortho nitro benzene ring substituents is 1. The van der Waals surface area contributed by atoms with E-state index in [1.807, 2.05) is 0 Å². The third-order valence-corrected chi connectivity index (χ3v) is 3.32. The van der Waals surface area contributed by atoms with Gasteiger partial charge in [0, 0.05) is 29.4 Å². The lowest BCUT2D eigenvalue weighted by molar-refractivity contribution is -0.384. The third kappa shape index (κ3) is 3.50. The molecule has 0 radical (unpaired) electrons. The van der Waals surface area contributed by atoms with Crippen LogP contribution in [0.3, 0.4) is 0 Å². The number of hydrogen-bond donors (Lipinski definition) is 1. The summed E-state index contributed by atoms with van der Waals surface area (Å²) in [6.45, 7) is 0. The topological polar surface area (TPSA) is 73.6 Å². The molecule has 0 aliphatic carbocycles. The summed E-state index contributed by atoms with van der Waals surface area (Å²) in [7, 11) is 3.11. The highest BCUT2D eigenvalue weighted by molar-refractivity contribution is 7.81. The lowest BCUT2D eigenvalue weighted by atomic mass is 10.2. The second kappa shape index (κ2) is 6.86. The molecular weight excluding hydrogens is 304 g/mol. The molecule has 0 saturated heterocycles. The number of rotatable bonds is 5. The quantitative estimate of drug-likeness (QED) is 0.517. The van der Waals surface area contributed by atoms with Crippen LogP contribution in [0.4, 0.5) is 11.4 Å². The second-order valence-electron chi connectivity index (χ2n) is 4.33.